The smallest absolute Gasteiger partial charge is 0.185 e. The van der Waals surface area contributed by atoms with E-state index in [0.29, 0.717) is 11.5 Å². The van der Waals surface area contributed by atoms with Crippen molar-refractivity contribution in [1.82, 2.24) is 0 Å². The van der Waals surface area contributed by atoms with Crippen molar-refractivity contribution in [2.75, 3.05) is 11.7 Å². The summed E-state index contributed by atoms with van der Waals surface area (Å²) in [5, 5.41) is 0.657. The Kier molecular flexibility index (Phi) is 5.83. The van der Waals surface area contributed by atoms with Crippen LogP contribution in [0.2, 0.25) is 0 Å². The van der Waals surface area contributed by atoms with Crippen molar-refractivity contribution in [3.63, 3.8) is 0 Å². The van der Waals surface area contributed by atoms with E-state index in [0.717, 1.165) is 18.4 Å². The van der Waals surface area contributed by atoms with E-state index in [4.69, 9.17) is 0 Å². The molecule has 1 unspecified atom stereocenters. The van der Waals surface area contributed by atoms with Crippen molar-refractivity contribution in [2.45, 2.75) is 31.6 Å². The first-order valence-corrected chi connectivity index (χ1v) is 11.5. The molecule has 0 heterocycles. The van der Waals surface area contributed by atoms with Crippen LogP contribution >= 0.6 is 7.14 Å². The van der Waals surface area contributed by atoms with E-state index in [2.05, 4.69) is 0 Å². The molecular formula is C18H23O3PS. The van der Waals surface area contributed by atoms with Crippen molar-refractivity contribution >= 4 is 22.3 Å². The number of hydrogen-bond donors (Lipinski definition) is 0. The molecule has 0 radical (unpaired) electrons. The molecule has 2 aromatic carbocycles. The van der Waals surface area contributed by atoms with Gasteiger partial charge in [-0.3, -0.25) is 0 Å². The molecule has 2 aromatic rings. The second-order valence-corrected chi connectivity index (χ2v) is 11.3. The summed E-state index contributed by atoms with van der Waals surface area (Å²) >= 11 is 0. The fourth-order valence-corrected chi connectivity index (χ4v) is 8.73. The maximum absolute atomic E-state index is 13.5. The van der Waals surface area contributed by atoms with Gasteiger partial charge in [0.25, 0.3) is 0 Å². The van der Waals surface area contributed by atoms with E-state index >= 15 is 0 Å². The van der Waals surface area contributed by atoms with Gasteiger partial charge in [-0.25, -0.2) is 8.42 Å². The van der Waals surface area contributed by atoms with Gasteiger partial charge in [0.1, 0.15) is 12.6 Å². The Hall–Kier alpha value is -1.38. The van der Waals surface area contributed by atoms with E-state index < -0.39 is 17.0 Å². The fourth-order valence-electron chi connectivity index (χ4n) is 2.48. The van der Waals surface area contributed by atoms with Gasteiger partial charge in [0.15, 0.2) is 9.84 Å². The maximum atomic E-state index is 13.5. The summed E-state index contributed by atoms with van der Waals surface area (Å²) in [6, 6.07) is 15.8. The predicted molar refractivity (Wildman–Crippen MR) is 96.7 cm³/mol. The van der Waals surface area contributed by atoms with Crippen molar-refractivity contribution in [3.8, 4) is 0 Å². The van der Waals surface area contributed by atoms with Crippen molar-refractivity contribution < 1.29 is 13.0 Å². The first kappa shape index (κ1) is 18.0. The third-order valence-corrected chi connectivity index (χ3v) is 10.2. The van der Waals surface area contributed by atoms with Gasteiger partial charge < -0.3 is 4.57 Å². The van der Waals surface area contributed by atoms with Gasteiger partial charge in [-0.1, -0.05) is 61.4 Å². The Balaban J connectivity index is 2.37. The average molecular weight is 350 g/mol. The van der Waals surface area contributed by atoms with Crippen LogP contribution in [0.4, 0.5) is 0 Å². The Morgan fingerprint density at radius 2 is 1.57 bits per heavy atom. The lowest BCUT2D eigenvalue weighted by atomic mass is 10.2. The van der Waals surface area contributed by atoms with Gasteiger partial charge in [0.05, 0.1) is 4.90 Å². The zero-order valence-electron chi connectivity index (χ0n) is 13.6. The highest BCUT2D eigenvalue weighted by atomic mass is 32.2. The van der Waals surface area contributed by atoms with Gasteiger partial charge in [0.2, 0.25) is 0 Å². The molecule has 124 valence electrons. The quantitative estimate of drug-likeness (QED) is 0.703. The van der Waals surface area contributed by atoms with Crippen LogP contribution in [0, 0.1) is 6.92 Å². The van der Waals surface area contributed by atoms with Gasteiger partial charge in [-0.2, -0.15) is 0 Å². The number of rotatable bonds is 7. The second kappa shape index (κ2) is 7.46. The highest BCUT2D eigenvalue weighted by molar-refractivity contribution is 8.00. The first-order valence-electron chi connectivity index (χ1n) is 7.80. The lowest BCUT2D eigenvalue weighted by molar-refractivity contribution is 0.577. The van der Waals surface area contributed by atoms with E-state index in [1.165, 1.54) is 0 Å². The van der Waals surface area contributed by atoms with E-state index in [1.807, 2.05) is 32.0 Å². The third kappa shape index (κ3) is 4.55. The van der Waals surface area contributed by atoms with Crippen LogP contribution in [0.15, 0.2) is 59.5 Å². The molecule has 2 rings (SSSR count). The summed E-state index contributed by atoms with van der Waals surface area (Å²) in [4.78, 5) is 0.246. The minimum Gasteiger partial charge on any atom is -0.318 e. The molecule has 0 spiro atoms. The van der Waals surface area contributed by atoms with Gasteiger partial charge in [-0.05, 0) is 25.5 Å². The molecule has 0 N–H and O–H groups in total. The molecule has 0 aliphatic rings. The second-order valence-electron chi connectivity index (χ2n) is 5.86. The van der Waals surface area contributed by atoms with Crippen molar-refractivity contribution in [3.05, 3.63) is 60.2 Å². The highest BCUT2D eigenvalue weighted by Crippen LogP contribution is 2.47. The van der Waals surface area contributed by atoms with Gasteiger partial charge in [-0.15, -0.1) is 0 Å². The molecular weight excluding hydrogens is 327 g/mol. The Bertz CT molecular complexity index is 781. The average Bonchev–Trinajstić information content (AvgIpc) is 2.54. The van der Waals surface area contributed by atoms with E-state index in [-0.39, 0.29) is 10.4 Å². The summed E-state index contributed by atoms with van der Waals surface area (Å²) in [6.07, 6.45) is 2.08. The van der Waals surface area contributed by atoms with Crippen molar-refractivity contribution in [1.29, 1.82) is 0 Å². The van der Waals surface area contributed by atoms with Crippen LogP contribution in [0.5, 0.6) is 0 Å². The zero-order chi connectivity index (χ0) is 16.9. The largest absolute Gasteiger partial charge is 0.318 e. The number of aryl methyl sites for hydroxylation is 1. The topological polar surface area (TPSA) is 51.2 Å². The molecule has 23 heavy (non-hydrogen) atoms. The number of sulfone groups is 1. The summed E-state index contributed by atoms with van der Waals surface area (Å²) in [5.41, 5.74) is 0.703. The molecule has 1 atom stereocenters. The minimum absolute atomic E-state index is 0.246. The molecule has 0 saturated heterocycles. The Labute approximate surface area is 139 Å². The normalized spacial score (nSPS) is 14.3. The summed E-state index contributed by atoms with van der Waals surface area (Å²) < 4.78 is 38.9. The molecule has 3 nitrogen and oxygen atoms in total. The molecule has 0 bridgehead atoms. The summed E-state index contributed by atoms with van der Waals surface area (Å²) in [6.45, 7) is 3.93. The van der Waals surface area contributed by atoms with Crippen LogP contribution in [0.25, 0.3) is 0 Å². The lowest BCUT2D eigenvalue weighted by Crippen LogP contribution is -2.17. The highest BCUT2D eigenvalue weighted by Gasteiger charge is 2.31. The van der Waals surface area contributed by atoms with Crippen LogP contribution < -0.4 is 5.30 Å². The van der Waals surface area contributed by atoms with E-state index in [9.17, 15) is 13.0 Å². The molecule has 5 heteroatoms. The fraction of sp³-hybridized carbons (Fsp3) is 0.333. The molecule has 0 aliphatic carbocycles. The van der Waals surface area contributed by atoms with Gasteiger partial charge >= 0.3 is 0 Å². The minimum atomic E-state index is -3.58. The maximum Gasteiger partial charge on any atom is 0.185 e. The third-order valence-electron chi connectivity index (χ3n) is 3.86. The zero-order valence-corrected chi connectivity index (χ0v) is 15.3. The SMILES string of the molecule is CCCCP(=O)(CS(=O)(=O)c1ccc(C)cc1)c1ccccc1. The molecule has 0 saturated carbocycles. The van der Waals surface area contributed by atoms with Crippen LogP contribution in [-0.2, 0) is 14.4 Å². The van der Waals surface area contributed by atoms with Crippen LogP contribution in [0.3, 0.4) is 0 Å². The van der Waals surface area contributed by atoms with Crippen LogP contribution in [-0.4, -0.2) is 20.1 Å². The standard InChI is InChI=1S/C18H23O3PS/c1-3-4-14-22(19,17-8-6-5-7-9-17)15-23(20,21)18-12-10-16(2)11-13-18/h5-13H,3-4,14-15H2,1-2H3. The Morgan fingerprint density at radius 1 is 0.957 bits per heavy atom. The van der Waals surface area contributed by atoms with Crippen LogP contribution in [0.1, 0.15) is 25.3 Å². The Morgan fingerprint density at radius 3 is 2.13 bits per heavy atom. The van der Waals surface area contributed by atoms with Crippen molar-refractivity contribution in [2.24, 2.45) is 0 Å². The first-order chi connectivity index (χ1) is 10.9. The van der Waals surface area contributed by atoms with E-state index in [1.54, 1.807) is 36.4 Å². The number of hydrogen-bond acceptors (Lipinski definition) is 3. The molecule has 0 aromatic heterocycles. The molecule has 0 fully saturated rings. The lowest BCUT2D eigenvalue weighted by Gasteiger charge is -2.19. The summed E-state index contributed by atoms with van der Waals surface area (Å²) in [7, 11) is -6.55. The predicted octanol–water partition coefficient (Wildman–Crippen LogP) is 4.21. The summed E-state index contributed by atoms with van der Waals surface area (Å²) in [5.74, 6) is 0. The molecule has 0 aliphatic heterocycles. The number of unbranched alkanes of at least 4 members (excludes halogenated alkanes) is 1. The number of benzene rings is 2. The van der Waals surface area contributed by atoms with Gasteiger partial charge in [0, 0.05) is 11.5 Å². The monoisotopic (exact) mass is 350 g/mol. The molecule has 0 amide bonds.